The fourth-order valence-electron chi connectivity index (χ4n) is 4.42. The van der Waals surface area contributed by atoms with Crippen LogP contribution in [0.3, 0.4) is 0 Å². The Labute approximate surface area is 193 Å². The van der Waals surface area contributed by atoms with Crippen molar-refractivity contribution in [1.29, 1.82) is 0 Å². The van der Waals surface area contributed by atoms with Gasteiger partial charge in [0.1, 0.15) is 0 Å². The van der Waals surface area contributed by atoms with Gasteiger partial charge in [-0.15, -0.1) is 10.2 Å². The quantitative estimate of drug-likeness (QED) is 0.568. The maximum atomic E-state index is 13.1. The topological polar surface area (TPSA) is 96.6 Å². The van der Waals surface area contributed by atoms with Crippen LogP contribution in [0.15, 0.2) is 57.8 Å². The lowest BCUT2D eigenvalue weighted by Gasteiger charge is -2.29. The molecule has 9 heteroatoms. The third kappa shape index (κ3) is 4.30. The number of rotatable bonds is 5. The molecule has 0 spiro atoms. The molecule has 2 fully saturated rings. The minimum atomic E-state index is -3.60. The summed E-state index contributed by atoms with van der Waals surface area (Å²) in [7, 11) is -3.60. The van der Waals surface area contributed by atoms with Crippen LogP contribution in [-0.2, 0) is 14.8 Å². The number of nitrogens with zero attached hydrogens (tertiary/aromatic N) is 4. The zero-order valence-electron chi connectivity index (χ0n) is 18.5. The summed E-state index contributed by atoms with van der Waals surface area (Å²) >= 11 is 0. The first-order valence-electron chi connectivity index (χ1n) is 11.2. The van der Waals surface area contributed by atoms with Crippen molar-refractivity contribution in [1.82, 2.24) is 14.5 Å². The summed E-state index contributed by atoms with van der Waals surface area (Å²) in [5, 5.41) is 8.40. The van der Waals surface area contributed by atoms with E-state index in [0.717, 1.165) is 23.2 Å². The van der Waals surface area contributed by atoms with E-state index >= 15 is 0 Å². The van der Waals surface area contributed by atoms with Gasteiger partial charge in [-0.25, -0.2) is 8.42 Å². The summed E-state index contributed by atoms with van der Waals surface area (Å²) in [6.45, 7) is 3.48. The van der Waals surface area contributed by atoms with Gasteiger partial charge >= 0.3 is 0 Å². The summed E-state index contributed by atoms with van der Waals surface area (Å²) < 4.78 is 33.7. The highest BCUT2D eigenvalue weighted by Crippen LogP contribution is 2.32. The summed E-state index contributed by atoms with van der Waals surface area (Å²) in [6, 6.07) is 14.5. The molecule has 1 amide bonds. The number of piperidine rings is 1. The van der Waals surface area contributed by atoms with Crippen LogP contribution < -0.4 is 4.90 Å². The van der Waals surface area contributed by atoms with Crippen LogP contribution in [0.25, 0.3) is 11.5 Å². The highest BCUT2D eigenvalue weighted by Gasteiger charge is 2.32. The summed E-state index contributed by atoms with van der Waals surface area (Å²) in [5.41, 5.74) is 2.78. The number of carbonyl (C=O) groups excluding carboxylic acids is 1. The van der Waals surface area contributed by atoms with Crippen molar-refractivity contribution in [3.05, 3.63) is 60.0 Å². The van der Waals surface area contributed by atoms with Crippen molar-refractivity contribution >= 4 is 21.6 Å². The van der Waals surface area contributed by atoms with E-state index < -0.39 is 10.0 Å². The van der Waals surface area contributed by atoms with Gasteiger partial charge in [-0.2, -0.15) is 4.31 Å². The molecular weight excluding hydrogens is 440 g/mol. The SMILES string of the molecule is Cc1ccc(-c2nnc(C3CCN(S(=O)(=O)c4ccc(N5CCCC5=O)cc4)CC3)o2)cc1. The molecule has 172 valence electrons. The number of aryl methyl sites for hydroxylation is 1. The number of amides is 1. The van der Waals surface area contributed by atoms with E-state index in [0.29, 0.717) is 50.7 Å². The van der Waals surface area contributed by atoms with Crippen molar-refractivity contribution < 1.29 is 17.6 Å². The maximum Gasteiger partial charge on any atom is 0.247 e. The average Bonchev–Trinajstić information content (AvgIpc) is 3.49. The molecule has 3 heterocycles. The standard InChI is InChI=1S/C24H26N4O4S/c1-17-4-6-18(7-5-17)23-25-26-24(32-23)19-12-15-27(16-13-19)33(30,31)21-10-8-20(9-11-21)28-14-2-3-22(28)29/h4-11,19H,2-3,12-16H2,1H3. The molecule has 0 unspecified atom stereocenters. The minimum Gasteiger partial charge on any atom is -0.420 e. The van der Waals surface area contributed by atoms with Crippen LogP contribution in [0.5, 0.6) is 0 Å². The molecule has 0 N–H and O–H groups in total. The van der Waals surface area contributed by atoms with E-state index in [-0.39, 0.29) is 16.7 Å². The van der Waals surface area contributed by atoms with Crippen molar-refractivity contribution in [3.8, 4) is 11.5 Å². The first-order valence-corrected chi connectivity index (χ1v) is 12.7. The Morgan fingerprint density at radius 1 is 0.939 bits per heavy atom. The molecule has 0 atom stereocenters. The maximum absolute atomic E-state index is 13.1. The lowest BCUT2D eigenvalue weighted by atomic mass is 9.98. The van der Waals surface area contributed by atoms with Gasteiger partial charge in [0.2, 0.25) is 27.7 Å². The molecule has 3 aromatic rings. The van der Waals surface area contributed by atoms with Crippen molar-refractivity contribution in [3.63, 3.8) is 0 Å². The third-order valence-electron chi connectivity index (χ3n) is 6.40. The average molecular weight is 467 g/mol. The van der Waals surface area contributed by atoms with Crippen LogP contribution in [0, 0.1) is 6.92 Å². The van der Waals surface area contributed by atoms with Crippen LogP contribution in [0.1, 0.15) is 43.1 Å². The van der Waals surface area contributed by atoms with Gasteiger partial charge in [0.05, 0.1) is 4.90 Å². The van der Waals surface area contributed by atoms with Crippen molar-refractivity contribution in [2.24, 2.45) is 0 Å². The zero-order valence-corrected chi connectivity index (χ0v) is 19.3. The molecule has 0 aliphatic carbocycles. The molecule has 33 heavy (non-hydrogen) atoms. The number of hydrogen-bond acceptors (Lipinski definition) is 6. The van der Waals surface area contributed by atoms with Crippen LogP contribution in [-0.4, -0.2) is 48.5 Å². The predicted molar refractivity (Wildman–Crippen MR) is 123 cm³/mol. The molecule has 5 rings (SSSR count). The Kier molecular flexibility index (Phi) is 5.76. The Morgan fingerprint density at radius 3 is 2.27 bits per heavy atom. The third-order valence-corrected chi connectivity index (χ3v) is 8.31. The second kappa shape index (κ2) is 8.72. The van der Waals surface area contributed by atoms with Gasteiger partial charge in [-0.3, -0.25) is 4.79 Å². The van der Waals surface area contributed by atoms with E-state index in [2.05, 4.69) is 10.2 Å². The Balaban J connectivity index is 1.24. The number of benzene rings is 2. The molecule has 0 bridgehead atoms. The van der Waals surface area contributed by atoms with Gasteiger partial charge in [0.15, 0.2) is 0 Å². The number of hydrogen-bond donors (Lipinski definition) is 0. The molecule has 2 aliphatic heterocycles. The van der Waals surface area contributed by atoms with E-state index in [1.54, 1.807) is 29.2 Å². The Bertz CT molecular complexity index is 1240. The fraction of sp³-hybridized carbons (Fsp3) is 0.375. The summed E-state index contributed by atoms with van der Waals surface area (Å²) in [5.74, 6) is 1.16. The first-order chi connectivity index (χ1) is 15.9. The molecular formula is C24H26N4O4S. The molecule has 2 aliphatic rings. The summed E-state index contributed by atoms with van der Waals surface area (Å²) in [6.07, 6.45) is 2.62. The summed E-state index contributed by atoms with van der Waals surface area (Å²) in [4.78, 5) is 13.9. The van der Waals surface area contributed by atoms with E-state index in [4.69, 9.17) is 4.42 Å². The van der Waals surface area contributed by atoms with E-state index in [1.165, 1.54) is 4.31 Å². The molecule has 0 radical (unpaired) electrons. The monoisotopic (exact) mass is 466 g/mol. The highest BCUT2D eigenvalue weighted by molar-refractivity contribution is 7.89. The minimum absolute atomic E-state index is 0.0340. The molecule has 0 saturated carbocycles. The number of aromatic nitrogens is 2. The lowest BCUT2D eigenvalue weighted by Crippen LogP contribution is -2.38. The second-order valence-electron chi connectivity index (χ2n) is 8.63. The van der Waals surface area contributed by atoms with Gasteiger partial charge < -0.3 is 9.32 Å². The number of carbonyl (C=O) groups is 1. The highest BCUT2D eigenvalue weighted by atomic mass is 32.2. The van der Waals surface area contributed by atoms with Gasteiger partial charge in [0, 0.05) is 43.2 Å². The largest absolute Gasteiger partial charge is 0.420 e. The van der Waals surface area contributed by atoms with Crippen LogP contribution in [0.2, 0.25) is 0 Å². The van der Waals surface area contributed by atoms with Crippen molar-refractivity contribution in [2.75, 3.05) is 24.5 Å². The molecule has 8 nitrogen and oxygen atoms in total. The van der Waals surface area contributed by atoms with Gasteiger partial charge in [0.25, 0.3) is 0 Å². The van der Waals surface area contributed by atoms with Crippen molar-refractivity contribution in [2.45, 2.75) is 43.4 Å². The van der Waals surface area contributed by atoms with Crippen LogP contribution >= 0.6 is 0 Å². The Hall–Kier alpha value is -3.04. The number of anilines is 1. The van der Waals surface area contributed by atoms with E-state index in [9.17, 15) is 13.2 Å². The lowest BCUT2D eigenvalue weighted by molar-refractivity contribution is -0.117. The second-order valence-corrected chi connectivity index (χ2v) is 10.6. The van der Waals surface area contributed by atoms with Gasteiger partial charge in [-0.05, 0) is 62.6 Å². The van der Waals surface area contributed by atoms with Crippen LogP contribution in [0.4, 0.5) is 5.69 Å². The smallest absolute Gasteiger partial charge is 0.247 e. The Morgan fingerprint density at radius 2 is 1.64 bits per heavy atom. The zero-order chi connectivity index (χ0) is 23.0. The number of sulfonamides is 1. The predicted octanol–water partition coefficient (Wildman–Crippen LogP) is 3.74. The molecule has 2 saturated heterocycles. The van der Waals surface area contributed by atoms with E-state index in [1.807, 2.05) is 31.2 Å². The first kappa shape index (κ1) is 21.8. The normalized spacial score (nSPS) is 18.2. The van der Waals surface area contributed by atoms with Gasteiger partial charge in [-0.1, -0.05) is 17.7 Å². The molecule has 1 aromatic heterocycles. The molecule has 2 aromatic carbocycles. The fourth-order valence-corrected chi connectivity index (χ4v) is 5.89.